The maximum absolute atomic E-state index is 12.2. The van der Waals surface area contributed by atoms with Crippen LogP contribution < -0.4 is 9.47 Å². The van der Waals surface area contributed by atoms with Gasteiger partial charge < -0.3 is 24.1 Å². The number of hydrogen-bond donors (Lipinski definition) is 1. The molecule has 0 saturated carbocycles. The fourth-order valence-corrected chi connectivity index (χ4v) is 6.49. The summed E-state index contributed by atoms with van der Waals surface area (Å²) >= 11 is 5.54. The Bertz CT molecular complexity index is 1160. The Hall–Kier alpha value is -2.74. The van der Waals surface area contributed by atoms with E-state index in [1.165, 1.54) is 0 Å². The number of piperidine rings is 1. The van der Waals surface area contributed by atoms with Crippen molar-refractivity contribution in [1.29, 1.82) is 0 Å². The molecule has 8 heteroatoms. The summed E-state index contributed by atoms with van der Waals surface area (Å²) in [6.45, 7) is 1.18. The molecule has 2 aromatic carbocycles. The molecule has 1 N–H and O–H groups in total. The summed E-state index contributed by atoms with van der Waals surface area (Å²) in [6.07, 6.45) is 2.63. The van der Waals surface area contributed by atoms with E-state index in [0.717, 1.165) is 23.2 Å². The Morgan fingerprint density at radius 2 is 2.09 bits per heavy atom. The highest BCUT2D eigenvalue weighted by Crippen LogP contribution is 2.64. The van der Waals surface area contributed by atoms with E-state index in [1.54, 1.807) is 12.2 Å². The number of alkyl halides is 1. The smallest absolute Gasteiger partial charge is 0.485 e. The highest BCUT2D eigenvalue weighted by molar-refractivity contribution is 6.17. The second kappa shape index (κ2) is 7.90. The van der Waals surface area contributed by atoms with Gasteiger partial charge >= 0.3 is 6.16 Å². The minimum Gasteiger partial charge on any atom is -0.485 e. The molecule has 2 aromatic rings. The van der Waals surface area contributed by atoms with Crippen molar-refractivity contribution < 1.29 is 28.8 Å². The fourth-order valence-electron chi connectivity index (χ4n) is 6.40. The number of likely N-dealkylation sites (N-methyl/N-ethyl adjacent to an activating group) is 1. The van der Waals surface area contributed by atoms with Crippen LogP contribution in [0, 0.1) is 0 Å². The van der Waals surface area contributed by atoms with E-state index in [1.807, 2.05) is 43.4 Å². The van der Waals surface area contributed by atoms with Crippen molar-refractivity contribution >= 4 is 17.8 Å². The Kier molecular flexibility index (Phi) is 5.06. The molecule has 2 aliphatic carbocycles. The number of halogens is 1. The van der Waals surface area contributed by atoms with Gasteiger partial charge in [0.15, 0.2) is 29.8 Å². The van der Waals surface area contributed by atoms with Crippen LogP contribution in [0.4, 0.5) is 4.79 Å². The van der Waals surface area contributed by atoms with E-state index in [4.69, 9.17) is 30.5 Å². The lowest BCUT2D eigenvalue weighted by Gasteiger charge is -2.61. The van der Waals surface area contributed by atoms with Crippen LogP contribution in [0.2, 0.25) is 0 Å². The normalized spacial score (nSPS) is 32.5. The molecule has 5 atom stereocenters. The number of carbonyl (C=O) groups excluding carboxylic acids is 1. The van der Waals surface area contributed by atoms with E-state index in [-0.39, 0.29) is 12.1 Å². The molecular formula is C26H26ClNO6. The molecule has 1 spiro atoms. The minimum atomic E-state index is -1.17. The number of rotatable bonds is 5. The summed E-state index contributed by atoms with van der Waals surface area (Å²) in [5.74, 6) is 1.25. The quantitative estimate of drug-likeness (QED) is 0.396. The van der Waals surface area contributed by atoms with E-state index >= 15 is 0 Å². The van der Waals surface area contributed by atoms with Crippen LogP contribution >= 0.6 is 11.6 Å². The molecule has 0 amide bonds. The Labute approximate surface area is 202 Å². The lowest BCUT2D eigenvalue weighted by atomic mass is 9.50. The van der Waals surface area contributed by atoms with Gasteiger partial charge in [0.25, 0.3) is 0 Å². The Morgan fingerprint density at radius 1 is 1.26 bits per heavy atom. The number of carbonyl (C=O) groups is 1. The first kappa shape index (κ1) is 21.8. The van der Waals surface area contributed by atoms with Gasteiger partial charge in [0.2, 0.25) is 0 Å². The Morgan fingerprint density at radius 3 is 2.88 bits per heavy atom. The summed E-state index contributed by atoms with van der Waals surface area (Å²) < 4.78 is 23.2. The largest absolute Gasteiger partial charge is 0.510 e. The molecule has 0 aromatic heterocycles. The first-order valence-electron chi connectivity index (χ1n) is 11.5. The summed E-state index contributed by atoms with van der Waals surface area (Å²) in [6, 6.07) is 13.5. The zero-order valence-electron chi connectivity index (χ0n) is 18.8. The average molecular weight is 484 g/mol. The fraction of sp³-hybridized carbons (Fsp3) is 0.423. The molecular weight excluding hydrogens is 458 g/mol. The third-order valence-corrected chi connectivity index (χ3v) is 8.00. The molecule has 2 aliphatic heterocycles. The molecule has 7 nitrogen and oxygen atoms in total. The van der Waals surface area contributed by atoms with E-state index < -0.39 is 29.4 Å². The van der Waals surface area contributed by atoms with E-state index in [0.29, 0.717) is 30.9 Å². The second-order valence-electron chi connectivity index (χ2n) is 9.43. The molecule has 0 radical (unpaired) electrons. The summed E-state index contributed by atoms with van der Waals surface area (Å²) in [5.41, 5.74) is 1.21. The van der Waals surface area contributed by atoms with Crippen LogP contribution in [0.5, 0.6) is 11.5 Å². The van der Waals surface area contributed by atoms with Crippen LogP contribution in [0.15, 0.2) is 54.6 Å². The lowest BCUT2D eigenvalue weighted by Crippen LogP contribution is -2.75. The molecule has 6 rings (SSSR count). The highest BCUT2D eigenvalue weighted by atomic mass is 35.5. The predicted molar refractivity (Wildman–Crippen MR) is 124 cm³/mol. The first-order chi connectivity index (χ1) is 16.5. The van der Waals surface area contributed by atoms with Crippen molar-refractivity contribution in [1.82, 2.24) is 4.90 Å². The third-order valence-electron chi connectivity index (χ3n) is 7.89. The summed E-state index contributed by atoms with van der Waals surface area (Å²) in [4.78, 5) is 14.4. The molecule has 34 heavy (non-hydrogen) atoms. The topological polar surface area (TPSA) is 77.5 Å². The lowest BCUT2D eigenvalue weighted by molar-refractivity contribution is -0.153. The maximum Gasteiger partial charge on any atom is 0.510 e. The molecule has 0 unspecified atom stereocenters. The van der Waals surface area contributed by atoms with E-state index in [9.17, 15) is 9.90 Å². The zero-order valence-corrected chi connectivity index (χ0v) is 19.5. The van der Waals surface area contributed by atoms with Crippen molar-refractivity contribution in [3.05, 3.63) is 71.3 Å². The van der Waals surface area contributed by atoms with Crippen LogP contribution in [0.25, 0.3) is 0 Å². The van der Waals surface area contributed by atoms with Crippen LogP contribution in [-0.2, 0) is 27.9 Å². The van der Waals surface area contributed by atoms with Crippen LogP contribution in [-0.4, -0.2) is 59.7 Å². The van der Waals surface area contributed by atoms with Crippen molar-refractivity contribution in [3.8, 4) is 11.5 Å². The zero-order chi connectivity index (χ0) is 23.5. The van der Waals surface area contributed by atoms with E-state index in [2.05, 4.69) is 11.0 Å². The van der Waals surface area contributed by atoms with Crippen molar-refractivity contribution in [2.75, 3.05) is 19.7 Å². The monoisotopic (exact) mass is 483 g/mol. The molecule has 2 bridgehead atoms. The van der Waals surface area contributed by atoms with Gasteiger partial charge in [0, 0.05) is 11.6 Å². The van der Waals surface area contributed by atoms with Crippen molar-refractivity contribution in [3.63, 3.8) is 0 Å². The van der Waals surface area contributed by atoms with Gasteiger partial charge in [-0.2, -0.15) is 0 Å². The molecule has 2 heterocycles. The van der Waals surface area contributed by atoms with Gasteiger partial charge in [-0.1, -0.05) is 54.1 Å². The minimum absolute atomic E-state index is 0.117. The number of nitrogens with zero attached hydrogens (tertiary/aromatic N) is 1. The van der Waals surface area contributed by atoms with Gasteiger partial charge in [-0.25, -0.2) is 4.79 Å². The Balaban J connectivity index is 1.44. The number of hydrogen-bond acceptors (Lipinski definition) is 7. The van der Waals surface area contributed by atoms with Gasteiger partial charge in [0.05, 0.1) is 5.41 Å². The first-order valence-corrected chi connectivity index (χ1v) is 12.0. The molecule has 4 aliphatic rings. The van der Waals surface area contributed by atoms with Gasteiger partial charge in [-0.05, 0) is 49.7 Å². The molecule has 1 fully saturated rings. The van der Waals surface area contributed by atoms with Crippen LogP contribution in [0.1, 0.15) is 23.1 Å². The second-order valence-corrected chi connectivity index (χ2v) is 9.65. The standard InChI is InChI=1S/C26H26ClNO6/c1-28-12-11-25-21-17-7-8-18(31-14-16-5-3-2-4-6-16)22(21)34-23(25)19(33-24(29)32-15-27)9-10-26(25,30)20(28)13-17/h2-10,19-20,23,30H,11-15H2,1H3/t19-,20+,23-,25-,26+/m0/s1. The maximum atomic E-state index is 12.2. The van der Waals surface area contributed by atoms with Gasteiger partial charge in [0.1, 0.15) is 12.2 Å². The van der Waals surface area contributed by atoms with Gasteiger partial charge in [-0.3, -0.25) is 4.90 Å². The summed E-state index contributed by atoms with van der Waals surface area (Å²) in [5, 5.41) is 12.2. The predicted octanol–water partition coefficient (Wildman–Crippen LogP) is 3.54. The number of aliphatic hydroxyl groups is 1. The number of ether oxygens (including phenoxy) is 4. The number of likely N-dealkylation sites (tertiary alicyclic amines) is 1. The SMILES string of the molecule is CN1CC[C@]23c4c5ccc(OCc6ccccc6)c4O[C@H]2[C@@H](OC(=O)OCCl)C=C[C@@]3(O)[C@H]1C5. The van der Waals surface area contributed by atoms with Crippen LogP contribution in [0.3, 0.4) is 0 Å². The molecule has 1 saturated heterocycles. The van der Waals surface area contributed by atoms with Gasteiger partial charge in [-0.15, -0.1) is 0 Å². The molecule has 178 valence electrons. The third kappa shape index (κ3) is 2.93. The average Bonchev–Trinajstić information content (AvgIpc) is 3.19. The van der Waals surface area contributed by atoms with Crippen molar-refractivity contribution in [2.24, 2.45) is 0 Å². The number of benzene rings is 2. The van der Waals surface area contributed by atoms with Crippen molar-refractivity contribution in [2.45, 2.75) is 48.7 Å². The summed E-state index contributed by atoms with van der Waals surface area (Å²) in [7, 11) is 2.04. The highest BCUT2D eigenvalue weighted by Gasteiger charge is 2.72.